The molecule has 4 heteroatoms. The van der Waals surface area contributed by atoms with E-state index in [2.05, 4.69) is 6.07 Å². The monoisotopic (exact) mass is 285 g/mol. The number of thiophene rings is 1. The molecule has 0 aliphatic carbocycles. The molecule has 102 valence electrons. The Morgan fingerprint density at radius 1 is 1.30 bits per heavy atom. The third-order valence-corrected chi connectivity index (χ3v) is 4.14. The Balaban J connectivity index is 2.41. The topological polar surface area (TPSA) is 50.1 Å². The molecule has 1 atom stereocenters. The molecule has 3 nitrogen and oxygen atoms in total. The molecule has 0 saturated heterocycles. The summed E-state index contributed by atoms with van der Waals surface area (Å²) < 4.78 is 5.26. The van der Waals surface area contributed by atoms with Crippen molar-refractivity contribution < 1.29 is 9.53 Å². The van der Waals surface area contributed by atoms with Crippen LogP contribution in [0.1, 0.15) is 33.0 Å². The maximum atomic E-state index is 12.5. The van der Waals surface area contributed by atoms with Crippen molar-refractivity contribution in [3.8, 4) is 11.8 Å². The minimum Gasteiger partial charge on any atom is -0.496 e. The number of aryl methyl sites for hydroxylation is 2. The molecule has 0 bridgehead atoms. The molecule has 0 aliphatic rings. The van der Waals surface area contributed by atoms with Crippen molar-refractivity contribution in [3.05, 3.63) is 51.2 Å². The van der Waals surface area contributed by atoms with Crippen molar-refractivity contribution in [1.82, 2.24) is 0 Å². The first-order valence-corrected chi connectivity index (χ1v) is 7.14. The van der Waals surface area contributed by atoms with E-state index >= 15 is 0 Å². The van der Waals surface area contributed by atoms with E-state index in [0.717, 1.165) is 11.1 Å². The molecule has 0 amide bonds. The Morgan fingerprint density at radius 3 is 2.60 bits per heavy atom. The number of carbonyl (C=O) groups is 1. The fourth-order valence-electron chi connectivity index (χ4n) is 2.07. The number of hydrogen-bond donors (Lipinski definition) is 0. The second kappa shape index (κ2) is 5.89. The van der Waals surface area contributed by atoms with Crippen LogP contribution in [-0.2, 0) is 0 Å². The minimum atomic E-state index is -0.794. The summed E-state index contributed by atoms with van der Waals surface area (Å²) in [6, 6.07) is 7.55. The molecule has 2 rings (SSSR count). The summed E-state index contributed by atoms with van der Waals surface area (Å²) in [4.78, 5) is 12.5. The van der Waals surface area contributed by atoms with Gasteiger partial charge in [0.15, 0.2) is 5.78 Å². The van der Waals surface area contributed by atoms with E-state index in [1.165, 1.54) is 11.3 Å². The lowest BCUT2D eigenvalue weighted by Gasteiger charge is -2.11. The Morgan fingerprint density at radius 2 is 2.05 bits per heavy atom. The van der Waals surface area contributed by atoms with E-state index in [4.69, 9.17) is 4.74 Å². The number of ether oxygens (including phenoxy) is 1. The van der Waals surface area contributed by atoms with Crippen molar-refractivity contribution >= 4 is 17.1 Å². The van der Waals surface area contributed by atoms with E-state index in [9.17, 15) is 10.1 Å². The molecule has 0 spiro atoms. The average Bonchev–Trinajstić information content (AvgIpc) is 2.87. The van der Waals surface area contributed by atoms with E-state index < -0.39 is 5.92 Å². The molecule has 0 fully saturated rings. The van der Waals surface area contributed by atoms with Gasteiger partial charge in [-0.1, -0.05) is 12.1 Å². The summed E-state index contributed by atoms with van der Waals surface area (Å²) in [6.07, 6.45) is 0. The highest BCUT2D eigenvalue weighted by Gasteiger charge is 2.24. The van der Waals surface area contributed by atoms with Crippen molar-refractivity contribution in [1.29, 1.82) is 5.26 Å². The van der Waals surface area contributed by atoms with Crippen LogP contribution in [0.4, 0.5) is 0 Å². The molecule has 0 N–H and O–H groups in total. The van der Waals surface area contributed by atoms with E-state index in [0.29, 0.717) is 16.9 Å². The Kier molecular flexibility index (Phi) is 4.21. The van der Waals surface area contributed by atoms with Gasteiger partial charge in [0.1, 0.15) is 11.7 Å². The molecule has 0 radical (unpaired) electrons. The maximum Gasteiger partial charge on any atom is 0.185 e. The van der Waals surface area contributed by atoms with Crippen LogP contribution in [-0.4, -0.2) is 12.9 Å². The van der Waals surface area contributed by atoms with Crippen molar-refractivity contribution in [3.63, 3.8) is 0 Å². The predicted octanol–water partition coefficient (Wildman–Crippen LogP) is 3.86. The molecule has 0 saturated carbocycles. The molecule has 1 unspecified atom stereocenters. The summed E-state index contributed by atoms with van der Waals surface area (Å²) in [5, 5.41) is 13.1. The number of rotatable bonds is 4. The first-order chi connectivity index (χ1) is 9.58. The standard InChI is InChI=1S/C16H15NO2S/c1-10-4-5-12(6-15(10)19-3)13(7-17)16(18)14-9-20-8-11(14)2/h4-6,8-9,13H,1-3H3. The lowest BCUT2D eigenvalue weighted by atomic mass is 9.91. The highest BCUT2D eigenvalue weighted by molar-refractivity contribution is 7.08. The van der Waals surface area contributed by atoms with Gasteiger partial charge in [-0.05, 0) is 42.0 Å². The van der Waals surface area contributed by atoms with Crippen molar-refractivity contribution in [2.24, 2.45) is 0 Å². The fourth-order valence-corrected chi connectivity index (χ4v) is 2.91. The minimum absolute atomic E-state index is 0.155. The summed E-state index contributed by atoms with van der Waals surface area (Å²) >= 11 is 1.47. The zero-order valence-corrected chi connectivity index (χ0v) is 12.5. The summed E-state index contributed by atoms with van der Waals surface area (Å²) in [6.45, 7) is 3.81. The van der Waals surface area contributed by atoms with E-state index in [-0.39, 0.29) is 5.78 Å². The number of methoxy groups -OCH3 is 1. The van der Waals surface area contributed by atoms with Gasteiger partial charge in [-0.15, -0.1) is 0 Å². The van der Waals surface area contributed by atoms with Gasteiger partial charge in [-0.2, -0.15) is 16.6 Å². The van der Waals surface area contributed by atoms with Crippen LogP contribution in [0, 0.1) is 25.2 Å². The van der Waals surface area contributed by atoms with Crippen LogP contribution in [0.15, 0.2) is 29.0 Å². The number of nitriles is 1. The van der Waals surface area contributed by atoms with Crippen molar-refractivity contribution in [2.75, 3.05) is 7.11 Å². The van der Waals surface area contributed by atoms with Crippen LogP contribution in [0.25, 0.3) is 0 Å². The highest BCUT2D eigenvalue weighted by Crippen LogP contribution is 2.28. The predicted molar refractivity (Wildman–Crippen MR) is 79.5 cm³/mol. The summed E-state index contributed by atoms with van der Waals surface area (Å²) in [7, 11) is 1.58. The van der Waals surface area contributed by atoms with Gasteiger partial charge in [0, 0.05) is 10.9 Å². The Bertz CT molecular complexity index is 682. The number of benzene rings is 1. The quantitative estimate of drug-likeness (QED) is 0.801. The molecular weight excluding hydrogens is 270 g/mol. The molecule has 20 heavy (non-hydrogen) atoms. The van der Waals surface area contributed by atoms with Crippen LogP contribution in [0.3, 0.4) is 0 Å². The maximum absolute atomic E-state index is 12.5. The summed E-state index contributed by atoms with van der Waals surface area (Å²) in [5.41, 5.74) is 3.19. The first kappa shape index (κ1) is 14.3. The zero-order valence-electron chi connectivity index (χ0n) is 11.6. The smallest absolute Gasteiger partial charge is 0.185 e. The SMILES string of the molecule is COc1cc(C(C#N)C(=O)c2cscc2C)ccc1C. The Labute approximate surface area is 122 Å². The van der Waals surface area contributed by atoms with E-state index in [1.807, 2.05) is 31.4 Å². The third kappa shape index (κ3) is 2.59. The summed E-state index contributed by atoms with van der Waals surface area (Å²) in [5.74, 6) is -0.257. The van der Waals surface area contributed by atoms with Crippen LogP contribution in [0.5, 0.6) is 5.75 Å². The van der Waals surface area contributed by atoms with Gasteiger partial charge in [0.25, 0.3) is 0 Å². The first-order valence-electron chi connectivity index (χ1n) is 6.19. The van der Waals surface area contributed by atoms with Gasteiger partial charge in [0.05, 0.1) is 13.2 Å². The van der Waals surface area contributed by atoms with Gasteiger partial charge < -0.3 is 4.74 Å². The van der Waals surface area contributed by atoms with Crippen LogP contribution < -0.4 is 4.74 Å². The molecule has 0 aliphatic heterocycles. The normalized spacial score (nSPS) is 11.7. The highest BCUT2D eigenvalue weighted by atomic mass is 32.1. The van der Waals surface area contributed by atoms with Crippen LogP contribution >= 0.6 is 11.3 Å². The Hall–Kier alpha value is -2.12. The number of ketones is 1. The average molecular weight is 285 g/mol. The largest absolute Gasteiger partial charge is 0.496 e. The molecule has 2 aromatic rings. The molecule has 1 heterocycles. The van der Waals surface area contributed by atoms with Gasteiger partial charge in [-0.25, -0.2) is 0 Å². The van der Waals surface area contributed by atoms with E-state index in [1.54, 1.807) is 18.6 Å². The third-order valence-electron chi connectivity index (χ3n) is 3.28. The number of carbonyl (C=O) groups excluding carboxylic acids is 1. The van der Waals surface area contributed by atoms with Gasteiger partial charge >= 0.3 is 0 Å². The second-order valence-electron chi connectivity index (χ2n) is 4.62. The van der Waals surface area contributed by atoms with Crippen molar-refractivity contribution in [2.45, 2.75) is 19.8 Å². The number of nitrogens with zero attached hydrogens (tertiary/aromatic N) is 1. The fraction of sp³-hybridized carbons (Fsp3) is 0.250. The molecule has 1 aromatic heterocycles. The second-order valence-corrected chi connectivity index (χ2v) is 5.37. The lowest BCUT2D eigenvalue weighted by molar-refractivity contribution is 0.0978. The zero-order chi connectivity index (χ0) is 14.7. The molecule has 1 aromatic carbocycles. The van der Waals surface area contributed by atoms with Gasteiger partial charge in [-0.3, -0.25) is 4.79 Å². The van der Waals surface area contributed by atoms with Gasteiger partial charge in [0.2, 0.25) is 0 Å². The number of hydrogen-bond acceptors (Lipinski definition) is 4. The lowest BCUT2D eigenvalue weighted by Crippen LogP contribution is -2.11. The van der Waals surface area contributed by atoms with Crippen LogP contribution in [0.2, 0.25) is 0 Å². The molecular formula is C16H15NO2S. The number of Topliss-reactive ketones (excluding diaryl/α,β-unsaturated/α-hetero) is 1.